The Morgan fingerprint density at radius 3 is 1.33 bits per heavy atom. The molecule has 4 unspecified atom stereocenters. The Balaban J connectivity index is 1.96. The second kappa shape index (κ2) is 17.8. The third kappa shape index (κ3) is 11.7. The van der Waals surface area contributed by atoms with Crippen LogP contribution < -0.4 is 22.8 Å². The molecular formula is C40H48Cl4O5P2. The summed E-state index contributed by atoms with van der Waals surface area (Å²) in [4.78, 5) is 0. The van der Waals surface area contributed by atoms with Crippen LogP contribution in [-0.4, -0.2) is 5.60 Å². The van der Waals surface area contributed by atoms with E-state index in [1.165, 1.54) is 0 Å². The molecule has 4 aromatic carbocycles. The second-order valence-electron chi connectivity index (χ2n) is 14.7. The lowest BCUT2D eigenvalue weighted by Gasteiger charge is -2.28. The van der Waals surface area contributed by atoms with E-state index in [-0.39, 0.29) is 26.3 Å². The molecule has 4 aromatic rings. The third-order valence-electron chi connectivity index (χ3n) is 8.35. The average molecular weight is 813 g/mol. The van der Waals surface area contributed by atoms with Gasteiger partial charge >= 0.3 is 0 Å². The van der Waals surface area contributed by atoms with Gasteiger partial charge in [0.1, 0.15) is 34.3 Å². The molecule has 0 radical (unpaired) electrons. The summed E-state index contributed by atoms with van der Waals surface area (Å²) in [6.07, 6.45) is 1.78. The van der Waals surface area contributed by atoms with Crippen LogP contribution in [0.4, 0.5) is 0 Å². The number of halogens is 4. The maximum absolute atomic E-state index is 6.68. The highest BCUT2D eigenvalue weighted by Crippen LogP contribution is 2.51. The molecule has 51 heavy (non-hydrogen) atoms. The van der Waals surface area contributed by atoms with Crippen LogP contribution in [0.25, 0.3) is 11.1 Å². The first-order valence-corrected chi connectivity index (χ1v) is 20.2. The fourth-order valence-corrected chi connectivity index (χ4v) is 7.46. The predicted octanol–water partition coefficient (Wildman–Crippen LogP) is 15.4. The van der Waals surface area contributed by atoms with Crippen LogP contribution in [0.15, 0.2) is 60.7 Å². The van der Waals surface area contributed by atoms with Gasteiger partial charge in [-0.15, -0.1) is 0 Å². The van der Waals surface area contributed by atoms with Gasteiger partial charge in [0.05, 0.1) is 0 Å². The molecule has 0 heterocycles. The lowest BCUT2D eigenvalue weighted by molar-refractivity contribution is 0.131. The standard InChI is InChI=1S/C40H48Cl4O5P2/c1-11-23(3)33-13-25(39(5,6)7)14-35(37(33)48-50-46-31-17-26(41)15-27(42)18-31)36-22-30(45-40(8,9)10)21-34(24(4)12-2)38(36)49-51-47-32-19-28(43)16-29(44)20-32/h13-24,50-51H,11-12H2,1-10H3. The van der Waals surface area contributed by atoms with Crippen LogP contribution in [0.1, 0.15) is 111 Å². The van der Waals surface area contributed by atoms with Crippen LogP contribution >= 0.6 is 64.5 Å². The zero-order valence-corrected chi connectivity index (χ0v) is 35.9. The fraction of sp³-hybridized carbons (Fsp3) is 0.400. The van der Waals surface area contributed by atoms with Gasteiger partial charge in [-0.3, -0.25) is 0 Å². The van der Waals surface area contributed by atoms with Crippen LogP contribution in [0.3, 0.4) is 0 Å². The van der Waals surface area contributed by atoms with Crippen molar-refractivity contribution in [1.29, 1.82) is 0 Å². The van der Waals surface area contributed by atoms with Gasteiger partial charge < -0.3 is 22.8 Å². The molecule has 11 heteroatoms. The summed E-state index contributed by atoms with van der Waals surface area (Å²) in [5, 5.41) is 1.92. The summed E-state index contributed by atoms with van der Waals surface area (Å²) in [5.41, 5.74) is 4.33. The smallest absolute Gasteiger partial charge is 0.275 e. The molecule has 0 aliphatic heterocycles. The Kier molecular flexibility index (Phi) is 14.6. The molecule has 0 saturated heterocycles. The maximum atomic E-state index is 6.68. The highest BCUT2D eigenvalue weighted by molar-refractivity contribution is 7.27. The highest BCUT2D eigenvalue weighted by Gasteiger charge is 2.28. The first-order chi connectivity index (χ1) is 23.9. The number of hydrogen-bond acceptors (Lipinski definition) is 5. The topological polar surface area (TPSA) is 46.2 Å². The van der Waals surface area contributed by atoms with E-state index in [4.69, 9.17) is 69.2 Å². The van der Waals surface area contributed by atoms with Gasteiger partial charge in [0.2, 0.25) is 0 Å². The molecule has 0 fully saturated rings. The van der Waals surface area contributed by atoms with E-state index in [9.17, 15) is 0 Å². The van der Waals surface area contributed by atoms with Gasteiger partial charge in [-0.1, -0.05) is 101 Å². The molecular weight excluding hydrogens is 764 g/mol. The largest absolute Gasteiger partial charge is 0.488 e. The summed E-state index contributed by atoms with van der Waals surface area (Å²) < 4.78 is 32.1. The molecule has 0 amide bonds. The lowest BCUT2D eigenvalue weighted by Crippen LogP contribution is -2.23. The van der Waals surface area contributed by atoms with Crippen molar-refractivity contribution in [3.05, 3.63) is 97.4 Å². The van der Waals surface area contributed by atoms with Crippen molar-refractivity contribution in [1.82, 2.24) is 0 Å². The van der Waals surface area contributed by atoms with Gasteiger partial charge in [0.25, 0.3) is 18.1 Å². The molecule has 4 rings (SSSR count). The van der Waals surface area contributed by atoms with E-state index in [2.05, 4.69) is 66.7 Å². The fourth-order valence-electron chi connectivity index (χ4n) is 5.32. The summed E-state index contributed by atoms with van der Waals surface area (Å²) >= 11 is 25.1. The summed E-state index contributed by atoms with van der Waals surface area (Å²) in [7, 11) is -0.778. The Hall–Kier alpha value is -2.10. The quantitative estimate of drug-likeness (QED) is 0.119. The van der Waals surface area contributed by atoms with Crippen LogP contribution in [-0.2, 0) is 5.41 Å². The predicted molar refractivity (Wildman–Crippen MR) is 220 cm³/mol. The molecule has 0 N–H and O–H groups in total. The number of ether oxygens (including phenoxy) is 1. The zero-order valence-electron chi connectivity index (χ0n) is 30.9. The van der Waals surface area contributed by atoms with Crippen molar-refractivity contribution in [2.75, 3.05) is 0 Å². The maximum Gasteiger partial charge on any atom is 0.275 e. The van der Waals surface area contributed by atoms with E-state index in [0.29, 0.717) is 43.1 Å². The van der Waals surface area contributed by atoms with Gasteiger partial charge in [0, 0.05) is 36.8 Å². The Labute approximate surface area is 327 Å². The van der Waals surface area contributed by atoms with Crippen LogP contribution in [0.2, 0.25) is 20.1 Å². The Morgan fingerprint density at radius 1 is 0.529 bits per heavy atom. The summed E-state index contributed by atoms with van der Waals surface area (Å²) in [6.45, 7) is 21.5. The van der Waals surface area contributed by atoms with Crippen molar-refractivity contribution in [2.45, 2.75) is 105 Å². The van der Waals surface area contributed by atoms with Gasteiger partial charge in [0.15, 0.2) is 0 Å². The molecule has 4 atom stereocenters. The third-order valence-corrected chi connectivity index (χ3v) is 10.4. The SMILES string of the molecule is CCC(C)c1cc(OC(C)(C)C)cc(-c2cc(C(C)(C)C)cc(C(C)CC)c2OPOc2cc(Cl)cc(Cl)c2)c1OPOc1cc(Cl)cc(Cl)c1. The normalized spacial score (nSPS) is 13.5. The molecule has 5 nitrogen and oxygen atoms in total. The minimum absolute atomic E-state index is 0.134. The molecule has 0 aromatic heterocycles. The van der Waals surface area contributed by atoms with Gasteiger partial charge in [-0.2, -0.15) is 0 Å². The minimum Gasteiger partial charge on any atom is -0.488 e. The molecule has 0 bridgehead atoms. The van der Waals surface area contributed by atoms with E-state index >= 15 is 0 Å². The van der Waals surface area contributed by atoms with Crippen LogP contribution in [0, 0.1) is 0 Å². The van der Waals surface area contributed by atoms with Crippen molar-refractivity contribution in [3.8, 4) is 39.9 Å². The average Bonchev–Trinajstić information content (AvgIpc) is 3.02. The highest BCUT2D eigenvalue weighted by atomic mass is 35.5. The molecule has 0 aliphatic rings. The van der Waals surface area contributed by atoms with E-state index in [1.54, 1.807) is 36.4 Å². The minimum atomic E-state index is -0.439. The number of rotatable bonds is 14. The molecule has 0 saturated carbocycles. The monoisotopic (exact) mass is 810 g/mol. The zero-order chi connectivity index (χ0) is 37.7. The van der Waals surface area contributed by atoms with E-state index < -0.39 is 14.6 Å². The van der Waals surface area contributed by atoms with Crippen molar-refractivity contribution in [3.63, 3.8) is 0 Å². The number of hydrogen-bond donors (Lipinski definition) is 0. The van der Waals surface area contributed by atoms with Gasteiger partial charge in [-0.25, -0.2) is 0 Å². The Bertz CT molecular complexity index is 1780. The second-order valence-corrected chi connectivity index (χ2v) is 17.6. The van der Waals surface area contributed by atoms with E-state index in [0.717, 1.165) is 46.4 Å². The molecule has 0 spiro atoms. The first-order valence-electron chi connectivity index (χ1n) is 17.0. The van der Waals surface area contributed by atoms with E-state index in [1.807, 2.05) is 26.8 Å². The molecule has 0 aliphatic carbocycles. The van der Waals surface area contributed by atoms with Crippen molar-refractivity contribution < 1.29 is 22.8 Å². The number of benzene rings is 4. The van der Waals surface area contributed by atoms with Gasteiger partial charge in [-0.05, 0) is 117 Å². The summed E-state index contributed by atoms with van der Waals surface area (Å²) in [5.74, 6) is 3.48. The Morgan fingerprint density at radius 2 is 0.941 bits per heavy atom. The first kappa shape index (κ1) is 41.7. The van der Waals surface area contributed by atoms with Crippen molar-refractivity contribution in [2.24, 2.45) is 0 Å². The van der Waals surface area contributed by atoms with Crippen LogP contribution in [0.5, 0.6) is 28.7 Å². The lowest BCUT2D eigenvalue weighted by atomic mass is 9.81. The van der Waals surface area contributed by atoms with Crippen molar-refractivity contribution >= 4 is 64.5 Å². The molecule has 276 valence electrons. The summed E-state index contributed by atoms with van der Waals surface area (Å²) in [6, 6.07) is 18.8.